The van der Waals surface area contributed by atoms with Crippen LogP contribution in [-0.2, 0) is 6.54 Å². The Morgan fingerprint density at radius 2 is 2.42 bits per heavy atom. The maximum Gasteiger partial charge on any atom is 0.194 e. The fourth-order valence-electron chi connectivity index (χ4n) is 1.88. The summed E-state index contributed by atoms with van der Waals surface area (Å²) in [5, 5.41) is 6.49. The summed E-state index contributed by atoms with van der Waals surface area (Å²) in [5.41, 5.74) is 1.21. The second-order valence-corrected chi connectivity index (χ2v) is 6.05. The number of nitrogens with one attached hydrogen (secondary N) is 1. The highest BCUT2D eigenvalue weighted by Gasteiger charge is 2.15. The molecule has 19 heavy (non-hydrogen) atoms. The first-order chi connectivity index (χ1) is 9.29. The van der Waals surface area contributed by atoms with Crippen LogP contribution in [0.25, 0.3) is 4.96 Å². The van der Waals surface area contributed by atoms with Crippen LogP contribution in [0, 0.1) is 6.92 Å². The van der Waals surface area contributed by atoms with Crippen LogP contribution in [0.3, 0.4) is 0 Å². The number of rotatable bonds is 5. The van der Waals surface area contributed by atoms with Crippen LogP contribution in [0.2, 0.25) is 0 Å². The third-order valence-corrected chi connectivity index (χ3v) is 4.80. The molecule has 0 aromatic carbocycles. The summed E-state index contributed by atoms with van der Waals surface area (Å²) in [6.45, 7) is 5.86. The van der Waals surface area contributed by atoms with Crippen molar-refractivity contribution in [2.24, 2.45) is 0 Å². The molecule has 3 aromatic heterocycles. The molecule has 0 radical (unpaired) electrons. The minimum atomic E-state index is 0.827. The maximum atomic E-state index is 5.34. The third kappa shape index (κ3) is 2.43. The maximum absolute atomic E-state index is 5.34. The molecule has 3 rings (SSSR count). The highest BCUT2D eigenvalue weighted by atomic mass is 32.2. The van der Waals surface area contributed by atoms with Gasteiger partial charge in [0.25, 0.3) is 0 Å². The summed E-state index contributed by atoms with van der Waals surface area (Å²) >= 11 is 3.33. The molecule has 0 aliphatic heterocycles. The molecule has 0 saturated carbocycles. The lowest BCUT2D eigenvalue weighted by Gasteiger charge is -2.04. The molecule has 0 spiro atoms. The first-order valence-corrected chi connectivity index (χ1v) is 7.86. The van der Waals surface area contributed by atoms with E-state index in [4.69, 9.17) is 9.40 Å². The molecule has 0 bridgehead atoms. The first-order valence-electron chi connectivity index (χ1n) is 6.16. The van der Waals surface area contributed by atoms with Gasteiger partial charge in [0.2, 0.25) is 0 Å². The van der Waals surface area contributed by atoms with Crippen molar-refractivity contribution in [1.29, 1.82) is 0 Å². The number of nitrogens with zero attached hydrogens (tertiary/aromatic N) is 2. The van der Waals surface area contributed by atoms with E-state index in [0.717, 1.165) is 33.7 Å². The predicted molar refractivity (Wildman–Crippen MR) is 78.0 cm³/mol. The van der Waals surface area contributed by atoms with Gasteiger partial charge in [-0.2, -0.15) is 0 Å². The van der Waals surface area contributed by atoms with Crippen molar-refractivity contribution in [3.05, 3.63) is 35.4 Å². The number of furan rings is 1. The molecule has 0 fully saturated rings. The summed E-state index contributed by atoms with van der Waals surface area (Å²) in [6.07, 6.45) is 3.80. The van der Waals surface area contributed by atoms with Gasteiger partial charge < -0.3 is 9.73 Å². The first kappa shape index (κ1) is 12.8. The fraction of sp³-hybridized carbons (Fsp3) is 0.308. The zero-order valence-corrected chi connectivity index (χ0v) is 12.5. The van der Waals surface area contributed by atoms with E-state index in [0.29, 0.717) is 0 Å². The van der Waals surface area contributed by atoms with Crippen LogP contribution in [0.1, 0.15) is 18.4 Å². The Labute approximate surface area is 119 Å². The summed E-state index contributed by atoms with van der Waals surface area (Å²) in [7, 11) is 0. The van der Waals surface area contributed by atoms with Crippen LogP contribution in [0.5, 0.6) is 0 Å². The lowest BCUT2D eigenvalue weighted by molar-refractivity contribution is 0.527. The van der Waals surface area contributed by atoms with E-state index in [9.17, 15) is 0 Å². The van der Waals surface area contributed by atoms with Gasteiger partial charge in [-0.1, -0.05) is 18.7 Å². The zero-order valence-electron chi connectivity index (χ0n) is 10.8. The molecule has 3 aromatic rings. The number of hydrogen-bond donors (Lipinski definition) is 1. The molecule has 0 unspecified atom stereocenters. The Bertz CT molecular complexity index is 683. The van der Waals surface area contributed by atoms with Gasteiger partial charge in [-0.05, 0) is 19.5 Å². The standard InChI is InChI=1S/C13H15N3OS2/c1-3-14-8-10-12(15-13-16(10)5-7-18-13)19-11-4-6-17-9(11)2/h4-7,14H,3,8H2,1-2H3. The van der Waals surface area contributed by atoms with Gasteiger partial charge in [0.05, 0.1) is 16.9 Å². The number of aromatic nitrogens is 2. The summed E-state index contributed by atoms with van der Waals surface area (Å²) in [6, 6.07) is 1.99. The van der Waals surface area contributed by atoms with Crippen LogP contribution >= 0.6 is 23.1 Å². The van der Waals surface area contributed by atoms with Crippen LogP contribution in [-0.4, -0.2) is 15.9 Å². The van der Waals surface area contributed by atoms with E-state index in [1.807, 2.05) is 13.0 Å². The van der Waals surface area contributed by atoms with Crippen molar-refractivity contribution in [3.8, 4) is 0 Å². The molecule has 0 saturated heterocycles. The molecule has 0 atom stereocenters. The van der Waals surface area contributed by atoms with Gasteiger partial charge in [0, 0.05) is 18.1 Å². The second-order valence-electron chi connectivity index (χ2n) is 4.14. The molecule has 100 valence electrons. The van der Waals surface area contributed by atoms with Crippen LogP contribution < -0.4 is 5.32 Å². The van der Waals surface area contributed by atoms with Gasteiger partial charge in [-0.25, -0.2) is 4.98 Å². The van der Waals surface area contributed by atoms with Gasteiger partial charge >= 0.3 is 0 Å². The summed E-state index contributed by atoms with van der Waals surface area (Å²) < 4.78 is 7.50. The van der Waals surface area contributed by atoms with E-state index in [1.54, 1.807) is 29.4 Å². The number of imidazole rings is 1. The lowest BCUT2D eigenvalue weighted by Crippen LogP contribution is -2.13. The third-order valence-electron chi connectivity index (χ3n) is 2.88. The molecule has 1 N–H and O–H groups in total. The number of hydrogen-bond acceptors (Lipinski definition) is 5. The second kappa shape index (κ2) is 5.40. The quantitative estimate of drug-likeness (QED) is 0.781. The van der Waals surface area contributed by atoms with Gasteiger partial charge in [-0.15, -0.1) is 11.3 Å². The van der Waals surface area contributed by atoms with Gasteiger partial charge in [-0.3, -0.25) is 4.40 Å². The Kier molecular flexibility index (Phi) is 3.63. The van der Waals surface area contributed by atoms with Crippen molar-refractivity contribution in [3.63, 3.8) is 0 Å². The van der Waals surface area contributed by atoms with E-state index >= 15 is 0 Å². The normalized spacial score (nSPS) is 11.5. The van der Waals surface area contributed by atoms with E-state index in [2.05, 4.69) is 28.2 Å². The van der Waals surface area contributed by atoms with Crippen molar-refractivity contribution >= 4 is 28.1 Å². The number of aryl methyl sites for hydroxylation is 1. The summed E-state index contributed by atoms with van der Waals surface area (Å²) in [5.74, 6) is 0.941. The average Bonchev–Trinajstić information content (AvgIpc) is 3.06. The zero-order chi connectivity index (χ0) is 13.2. The lowest BCUT2D eigenvalue weighted by atomic mass is 10.4. The van der Waals surface area contributed by atoms with Crippen molar-refractivity contribution in [2.75, 3.05) is 6.54 Å². The average molecular weight is 293 g/mol. The minimum absolute atomic E-state index is 0.827. The number of fused-ring (bicyclic) bond motifs is 1. The monoisotopic (exact) mass is 293 g/mol. The molecule has 0 amide bonds. The Morgan fingerprint density at radius 3 is 3.16 bits per heavy atom. The molecule has 0 aliphatic rings. The van der Waals surface area contributed by atoms with Crippen molar-refractivity contribution < 1.29 is 4.42 Å². The smallest absolute Gasteiger partial charge is 0.194 e. The largest absolute Gasteiger partial charge is 0.468 e. The molecule has 6 heteroatoms. The van der Waals surface area contributed by atoms with Gasteiger partial charge in [0.1, 0.15) is 10.8 Å². The Balaban J connectivity index is 1.97. The van der Waals surface area contributed by atoms with Gasteiger partial charge in [0.15, 0.2) is 4.96 Å². The highest BCUT2D eigenvalue weighted by molar-refractivity contribution is 7.99. The molecule has 3 heterocycles. The fourth-order valence-corrected chi connectivity index (χ4v) is 3.62. The Hall–Kier alpha value is -1.24. The molecule has 4 nitrogen and oxygen atoms in total. The highest BCUT2D eigenvalue weighted by Crippen LogP contribution is 2.34. The van der Waals surface area contributed by atoms with E-state index in [1.165, 1.54) is 5.69 Å². The number of thiazole rings is 1. The molecular weight excluding hydrogens is 278 g/mol. The van der Waals surface area contributed by atoms with E-state index < -0.39 is 0 Å². The summed E-state index contributed by atoms with van der Waals surface area (Å²) in [4.78, 5) is 6.87. The topological polar surface area (TPSA) is 42.5 Å². The molecular formula is C13H15N3OS2. The Morgan fingerprint density at radius 1 is 1.53 bits per heavy atom. The van der Waals surface area contributed by atoms with Crippen molar-refractivity contribution in [1.82, 2.24) is 14.7 Å². The van der Waals surface area contributed by atoms with Crippen LogP contribution in [0.15, 0.2) is 38.2 Å². The SMILES string of the molecule is CCNCc1c(Sc2ccoc2C)nc2sccn12. The van der Waals surface area contributed by atoms with Crippen LogP contribution in [0.4, 0.5) is 0 Å². The van der Waals surface area contributed by atoms with E-state index in [-0.39, 0.29) is 0 Å². The minimum Gasteiger partial charge on any atom is -0.468 e. The van der Waals surface area contributed by atoms with Crippen molar-refractivity contribution in [2.45, 2.75) is 30.3 Å². The predicted octanol–water partition coefficient (Wildman–Crippen LogP) is 3.56. The molecule has 0 aliphatic carbocycles.